The second-order valence-electron chi connectivity index (χ2n) is 4.44. The largest absolute Gasteiger partial charge is 0.493 e. The lowest BCUT2D eigenvalue weighted by molar-refractivity contribution is 0.323. The summed E-state index contributed by atoms with van der Waals surface area (Å²) in [6, 6.07) is 3.30. The van der Waals surface area contributed by atoms with Gasteiger partial charge < -0.3 is 19.9 Å². The lowest BCUT2D eigenvalue weighted by Crippen LogP contribution is -2.17. The minimum Gasteiger partial charge on any atom is -0.493 e. The Balaban J connectivity index is 2.54. The highest BCUT2D eigenvalue weighted by atomic mass is 79.9. The summed E-state index contributed by atoms with van der Waals surface area (Å²) in [5.74, 6) is 1.68. The predicted octanol–water partition coefficient (Wildman–Crippen LogP) is 2.26. The fourth-order valence-electron chi connectivity index (χ4n) is 2.21. The Morgan fingerprint density at radius 1 is 1.14 bits per heavy atom. The number of nitrogens with two attached hydrogens (primary N) is 1. The van der Waals surface area contributed by atoms with Crippen LogP contribution in [-0.2, 0) is 7.05 Å². The van der Waals surface area contributed by atoms with E-state index in [9.17, 15) is 0 Å². The zero-order valence-electron chi connectivity index (χ0n) is 12.4. The first kappa shape index (κ1) is 15.7. The van der Waals surface area contributed by atoms with Crippen molar-refractivity contribution in [2.75, 3.05) is 21.3 Å². The molecule has 6 nitrogen and oxygen atoms in total. The summed E-state index contributed by atoms with van der Waals surface area (Å²) in [6.07, 6.45) is 1.72. The van der Waals surface area contributed by atoms with Crippen molar-refractivity contribution < 1.29 is 14.2 Å². The van der Waals surface area contributed by atoms with Crippen LogP contribution in [0.2, 0.25) is 0 Å². The first-order chi connectivity index (χ1) is 10.0. The second kappa shape index (κ2) is 6.36. The number of hydrogen-bond donors (Lipinski definition) is 1. The van der Waals surface area contributed by atoms with E-state index in [2.05, 4.69) is 21.0 Å². The monoisotopic (exact) mass is 355 g/mol. The molecule has 0 spiro atoms. The molecule has 0 radical (unpaired) electrons. The van der Waals surface area contributed by atoms with E-state index in [-0.39, 0.29) is 6.04 Å². The average molecular weight is 356 g/mol. The standard InChI is InChI=1S/C14H18BrN3O3/c1-18-13(9(15)7-17-18)12(16)8-5-10(19-2)14(21-4)11(6-8)20-3/h5-7,12H,16H2,1-4H3. The van der Waals surface area contributed by atoms with Gasteiger partial charge in [0.15, 0.2) is 11.5 Å². The number of aryl methyl sites for hydroxylation is 1. The average Bonchev–Trinajstić information content (AvgIpc) is 2.83. The lowest BCUT2D eigenvalue weighted by Gasteiger charge is -2.18. The number of halogens is 1. The van der Waals surface area contributed by atoms with Gasteiger partial charge in [-0.15, -0.1) is 0 Å². The highest BCUT2D eigenvalue weighted by Gasteiger charge is 2.21. The predicted molar refractivity (Wildman–Crippen MR) is 83.0 cm³/mol. The zero-order chi connectivity index (χ0) is 15.6. The number of benzene rings is 1. The Kier molecular flexibility index (Phi) is 4.74. The molecule has 21 heavy (non-hydrogen) atoms. The molecule has 0 bridgehead atoms. The van der Waals surface area contributed by atoms with Gasteiger partial charge in [0.2, 0.25) is 5.75 Å². The molecule has 0 aliphatic carbocycles. The number of ether oxygens (including phenoxy) is 3. The Labute approximate surface area is 131 Å². The Morgan fingerprint density at radius 3 is 2.10 bits per heavy atom. The normalized spacial score (nSPS) is 12.1. The summed E-state index contributed by atoms with van der Waals surface area (Å²) in [6.45, 7) is 0. The molecule has 0 saturated carbocycles. The van der Waals surface area contributed by atoms with Crippen molar-refractivity contribution >= 4 is 15.9 Å². The first-order valence-corrected chi connectivity index (χ1v) is 7.05. The summed E-state index contributed by atoms with van der Waals surface area (Å²) in [4.78, 5) is 0. The van der Waals surface area contributed by atoms with Crippen LogP contribution in [0.1, 0.15) is 17.3 Å². The van der Waals surface area contributed by atoms with E-state index in [1.807, 2.05) is 19.2 Å². The van der Waals surface area contributed by atoms with Gasteiger partial charge in [-0.2, -0.15) is 5.10 Å². The van der Waals surface area contributed by atoms with Gasteiger partial charge >= 0.3 is 0 Å². The van der Waals surface area contributed by atoms with Crippen molar-refractivity contribution in [2.24, 2.45) is 12.8 Å². The van der Waals surface area contributed by atoms with Crippen molar-refractivity contribution in [3.05, 3.63) is 34.1 Å². The van der Waals surface area contributed by atoms with E-state index < -0.39 is 0 Å². The van der Waals surface area contributed by atoms with Crippen LogP contribution < -0.4 is 19.9 Å². The Morgan fingerprint density at radius 2 is 1.71 bits per heavy atom. The van der Waals surface area contributed by atoms with Gasteiger partial charge in [0.25, 0.3) is 0 Å². The molecule has 1 atom stereocenters. The number of hydrogen-bond acceptors (Lipinski definition) is 5. The smallest absolute Gasteiger partial charge is 0.203 e. The summed E-state index contributed by atoms with van der Waals surface area (Å²) < 4.78 is 18.6. The SMILES string of the molecule is COc1cc(C(N)c2c(Br)cnn2C)cc(OC)c1OC. The lowest BCUT2D eigenvalue weighted by atomic mass is 10.0. The molecule has 0 fully saturated rings. The molecule has 0 aliphatic rings. The van der Waals surface area contributed by atoms with Crippen LogP contribution in [-0.4, -0.2) is 31.1 Å². The summed E-state index contributed by atoms with van der Waals surface area (Å²) >= 11 is 3.46. The van der Waals surface area contributed by atoms with Crippen LogP contribution in [0.15, 0.2) is 22.8 Å². The van der Waals surface area contributed by atoms with Crippen molar-refractivity contribution in [3.8, 4) is 17.2 Å². The van der Waals surface area contributed by atoms with Crippen LogP contribution in [0.5, 0.6) is 17.2 Å². The van der Waals surface area contributed by atoms with Crippen LogP contribution in [0.25, 0.3) is 0 Å². The van der Waals surface area contributed by atoms with Crippen LogP contribution in [0.4, 0.5) is 0 Å². The van der Waals surface area contributed by atoms with Crippen molar-refractivity contribution in [1.29, 1.82) is 0 Å². The Bertz CT molecular complexity index is 598. The van der Waals surface area contributed by atoms with E-state index in [0.29, 0.717) is 17.2 Å². The maximum Gasteiger partial charge on any atom is 0.203 e. The van der Waals surface area contributed by atoms with Gasteiger partial charge in [-0.1, -0.05) is 0 Å². The fraction of sp³-hybridized carbons (Fsp3) is 0.357. The van der Waals surface area contributed by atoms with Crippen molar-refractivity contribution in [2.45, 2.75) is 6.04 Å². The summed E-state index contributed by atoms with van der Waals surface area (Å²) in [5, 5.41) is 4.18. The Hall–Kier alpha value is -1.73. The number of nitrogens with zero attached hydrogens (tertiary/aromatic N) is 2. The van der Waals surface area contributed by atoms with Gasteiger partial charge in [-0.05, 0) is 33.6 Å². The molecule has 1 heterocycles. The third kappa shape index (κ3) is 2.84. The number of rotatable bonds is 5. The molecule has 2 N–H and O–H groups in total. The summed E-state index contributed by atoms with van der Waals surface area (Å²) in [5.41, 5.74) is 8.06. The third-order valence-corrected chi connectivity index (χ3v) is 3.89. The molecular formula is C14H18BrN3O3. The van der Waals surface area contributed by atoms with Crippen LogP contribution in [0, 0.1) is 0 Å². The highest BCUT2D eigenvalue weighted by molar-refractivity contribution is 9.10. The number of methoxy groups -OCH3 is 3. The first-order valence-electron chi connectivity index (χ1n) is 6.26. The van der Waals surface area contributed by atoms with Crippen LogP contribution >= 0.6 is 15.9 Å². The van der Waals surface area contributed by atoms with E-state index >= 15 is 0 Å². The molecule has 2 aromatic rings. The summed E-state index contributed by atoms with van der Waals surface area (Å²) in [7, 11) is 6.56. The maximum absolute atomic E-state index is 6.36. The van der Waals surface area contributed by atoms with E-state index in [4.69, 9.17) is 19.9 Å². The van der Waals surface area contributed by atoms with Crippen molar-refractivity contribution in [3.63, 3.8) is 0 Å². The van der Waals surface area contributed by atoms with Crippen LogP contribution in [0.3, 0.4) is 0 Å². The van der Waals surface area contributed by atoms with E-state index in [0.717, 1.165) is 15.7 Å². The quantitative estimate of drug-likeness (QED) is 0.890. The maximum atomic E-state index is 6.36. The minimum atomic E-state index is -0.374. The van der Waals surface area contributed by atoms with Crippen molar-refractivity contribution in [1.82, 2.24) is 9.78 Å². The molecule has 1 aromatic carbocycles. The second-order valence-corrected chi connectivity index (χ2v) is 5.29. The molecule has 1 aromatic heterocycles. The number of aromatic nitrogens is 2. The molecule has 0 aliphatic heterocycles. The molecule has 1 unspecified atom stereocenters. The highest BCUT2D eigenvalue weighted by Crippen LogP contribution is 2.40. The molecule has 114 valence electrons. The molecule has 7 heteroatoms. The van der Waals surface area contributed by atoms with Gasteiger partial charge in [-0.3, -0.25) is 4.68 Å². The van der Waals surface area contributed by atoms with Gasteiger partial charge in [0, 0.05) is 7.05 Å². The molecular weight excluding hydrogens is 338 g/mol. The van der Waals surface area contributed by atoms with Gasteiger partial charge in [-0.25, -0.2) is 0 Å². The molecule has 0 amide bonds. The van der Waals surface area contributed by atoms with Gasteiger partial charge in [0.1, 0.15) is 0 Å². The molecule has 2 rings (SSSR count). The van der Waals surface area contributed by atoms with E-state index in [1.165, 1.54) is 0 Å². The van der Waals surface area contributed by atoms with E-state index in [1.54, 1.807) is 32.2 Å². The topological polar surface area (TPSA) is 71.5 Å². The third-order valence-electron chi connectivity index (χ3n) is 3.28. The zero-order valence-corrected chi connectivity index (χ0v) is 14.0. The fourth-order valence-corrected chi connectivity index (χ4v) is 2.80. The van der Waals surface area contributed by atoms with Gasteiger partial charge in [0.05, 0.1) is 43.7 Å². The molecule has 0 saturated heterocycles. The minimum absolute atomic E-state index is 0.374.